The predicted octanol–water partition coefficient (Wildman–Crippen LogP) is 7.87. The van der Waals surface area contributed by atoms with Gasteiger partial charge in [-0.2, -0.15) is 13.2 Å². The Balaban J connectivity index is 2.00. The summed E-state index contributed by atoms with van der Waals surface area (Å²) in [7, 11) is 0. The highest BCUT2D eigenvalue weighted by Crippen LogP contribution is 2.33. The van der Waals surface area contributed by atoms with E-state index in [0.717, 1.165) is 17.7 Å². The van der Waals surface area contributed by atoms with Gasteiger partial charge < -0.3 is 10.1 Å². The van der Waals surface area contributed by atoms with E-state index >= 15 is 0 Å². The molecule has 0 heterocycles. The van der Waals surface area contributed by atoms with Gasteiger partial charge >= 0.3 is 6.18 Å². The highest BCUT2D eigenvalue weighted by molar-refractivity contribution is 6.32. The first-order chi connectivity index (χ1) is 17.0. The van der Waals surface area contributed by atoms with E-state index in [1.54, 1.807) is 42.5 Å². The fourth-order valence-corrected chi connectivity index (χ4v) is 3.59. The van der Waals surface area contributed by atoms with Crippen LogP contribution in [0, 0.1) is 6.92 Å². The monoisotopic (exact) mass is 537 g/mol. The van der Waals surface area contributed by atoms with Crippen LogP contribution in [0.2, 0.25) is 10.0 Å². The number of aryl methyl sites for hydroxylation is 1. The minimum Gasteiger partial charge on any atom is -0.489 e. The molecule has 0 atom stereocenters. The number of hydrogen-bond acceptors (Lipinski definition) is 3. The molecule has 10 heteroatoms. The molecule has 3 rings (SSSR count). The van der Waals surface area contributed by atoms with E-state index < -0.39 is 11.7 Å². The molecule has 0 bridgehead atoms. The average Bonchev–Trinajstić information content (AvgIpc) is 2.80. The Kier molecular flexibility index (Phi) is 8.87. The number of nitrogens with zero attached hydrogens (tertiary/aromatic N) is 2. The van der Waals surface area contributed by atoms with Gasteiger partial charge in [0.1, 0.15) is 5.75 Å². The molecule has 3 aromatic carbocycles. The summed E-state index contributed by atoms with van der Waals surface area (Å²) in [6, 6.07) is 15.1. The van der Waals surface area contributed by atoms with Gasteiger partial charge in [-0.15, -0.1) is 0 Å². The molecule has 3 aromatic rings. The van der Waals surface area contributed by atoms with E-state index in [4.69, 9.17) is 27.9 Å². The first-order valence-electron chi connectivity index (χ1n) is 10.9. The molecule has 190 valence electrons. The summed E-state index contributed by atoms with van der Waals surface area (Å²) in [6.45, 7) is 5.40. The maximum Gasteiger partial charge on any atom is 0.416 e. The lowest BCUT2D eigenvalue weighted by atomic mass is 10.1. The van der Waals surface area contributed by atoms with E-state index in [2.05, 4.69) is 10.3 Å². The quantitative estimate of drug-likeness (QED) is 0.189. The number of rotatable bonds is 7. The molecule has 0 radical (unpaired) electrons. The van der Waals surface area contributed by atoms with Crippen LogP contribution in [0.3, 0.4) is 0 Å². The molecule has 0 spiro atoms. The number of guanidine groups is 1. The summed E-state index contributed by atoms with van der Waals surface area (Å²) in [5, 5.41) is 3.95. The normalized spacial score (nSPS) is 12.0. The van der Waals surface area contributed by atoms with E-state index in [1.165, 1.54) is 17.9 Å². The molecule has 0 aliphatic heterocycles. The lowest BCUT2D eigenvalue weighted by molar-refractivity contribution is -0.137. The van der Waals surface area contributed by atoms with E-state index in [-0.39, 0.29) is 24.3 Å². The fraction of sp³-hybridized carbons (Fsp3) is 0.231. The van der Waals surface area contributed by atoms with Gasteiger partial charge in [-0.3, -0.25) is 9.69 Å². The number of carbonyl (C=O) groups is 1. The Morgan fingerprint density at radius 3 is 2.33 bits per heavy atom. The van der Waals surface area contributed by atoms with Crippen molar-refractivity contribution in [2.75, 3.05) is 5.32 Å². The summed E-state index contributed by atoms with van der Waals surface area (Å²) < 4.78 is 45.0. The van der Waals surface area contributed by atoms with Crippen LogP contribution in [-0.4, -0.2) is 23.4 Å². The Morgan fingerprint density at radius 2 is 1.78 bits per heavy atom. The number of carbonyl (C=O) groups excluding carboxylic acids is 1. The van der Waals surface area contributed by atoms with Gasteiger partial charge in [-0.1, -0.05) is 35.3 Å². The van der Waals surface area contributed by atoms with Crippen molar-refractivity contribution >= 4 is 46.9 Å². The van der Waals surface area contributed by atoms with Crippen molar-refractivity contribution in [2.24, 2.45) is 4.99 Å². The zero-order valence-electron chi connectivity index (χ0n) is 19.7. The lowest BCUT2D eigenvalue weighted by Gasteiger charge is -2.22. The van der Waals surface area contributed by atoms with Gasteiger partial charge in [0, 0.05) is 10.7 Å². The zero-order valence-corrected chi connectivity index (χ0v) is 21.2. The molecule has 36 heavy (non-hydrogen) atoms. The predicted molar refractivity (Wildman–Crippen MR) is 137 cm³/mol. The highest BCUT2D eigenvalue weighted by Gasteiger charge is 2.30. The minimum atomic E-state index is -4.48. The smallest absolute Gasteiger partial charge is 0.416 e. The van der Waals surface area contributed by atoms with Crippen LogP contribution < -0.4 is 10.1 Å². The number of halogens is 5. The molecule has 1 amide bonds. The van der Waals surface area contributed by atoms with Crippen LogP contribution in [0.4, 0.5) is 24.5 Å². The van der Waals surface area contributed by atoms with Gasteiger partial charge in [0.25, 0.3) is 0 Å². The van der Waals surface area contributed by atoms with Crippen molar-refractivity contribution in [3.8, 4) is 5.75 Å². The van der Waals surface area contributed by atoms with Crippen LogP contribution >= 0.6 is 23.2 Å². The lowest BCUT2D eigenvalue weighted by Crippen LogP contribution is -2.34. The highest BCUT2D eigenvalue weighted by atomic mass is 35.5. The number of benzene rings is 3. The average molecular weight is 538 g/mol. The Labute approximate surface area is 217 Å². The molecular formula is C26H24Cl2F3N3O2. The number of aliphatic imine (C=N–C) groups is 1. The third-order valence-corrected chi connectivity index (χ3v) is 5.51. The van der Waals surface area contributed by atoms with E-state index in [1.807, 2.05) is 13.8 Å². The maximum atomic E-state index is 13.1. The molecule has 0 saturated carbocycles. The fourth-order valence-electron chi connectivity index (χ4n) is 3.24. The summed E-state index contributed by atoms with van der Waals surface area (Å²) in [5.74, 6) is 0.583. The number of ether oxygens (including phenoxy) is 1. The summed E-state index contributed by atoms with van der Waals surface area (Å²) in [4.78, 5) is 17.9. The van der Waals surface area contributed by atoms with Gasteiger partial charge in [-0.05, 0) is 80.4 Å². The van der Waals surface area contributed by atoms with Gasteiger partial charge in [-0.25, -0.2) is 4.99 Å². The summed E-state index contributed by atoms with van der Waals surface area (Å²) in [5.41, 5.74) is 1.04. The van der Waals surface area contributed by atoms with Gasteiger partial charge in [0.05, 0.1) is 28.9 Å². The molecule has 1 N–H and O–H groups in total. The van der Waals surface area contributed by atoms with E-state index in [0.29, 0.717) is 33.5 Å². The van der Waals surface area contributed by atoms with Crippen molar-refractivity contribution in [3.05, 3.63) is 87.4 Å². The second-order valence-corrected chi connectivity index (χ2v) is 9.07. The molecule has 0 aliphatic rings. The van der Waals surface area contributed by atoms with Crippen LogP contribution in [0.5, 0.6) is 5.75 Å². The van der Waals surface area contributed by atoms with Crippen LogP contribution in [0.25, 0.3) is 0 Å². The number of hydrogen-bond donors (Lipinski definition) is 1. The van der Waals surface area contributed by atoms with Gasteiger partial charge in [0.2, 0.25) is 12.4 Å². The van der Waals surface area contributed by atoms with Crippen molar-refractivity contribution < 1.29 is 22.7 Å². The molecule has 5 nitrogen and oxygen atoms in total. The van der Waals surface area contributed by atoms with Crippen LogP contribution in [-0.2, 0) is 17.5 Å². The summed E-state index contributed by atoms with van der Waals surface area (Å²) in [6.07, 6.45) is -3.97. The van der Waals surface area contributed by atoms with Crippen molar-refractivity contribution in [1.82, 2.24) is 4.90 Å². The zero-order chi connectivity index (χ0) is 26.5. The number of anilines is 1. The molecular weight excluding hydrogens is 514 g/mol. The van der Waals surface area contributed by atoms with Crippen LogP contribution in [0.1, 0.15) is 30.5 Å². The second kappa shape index (κ2) is 11.7. The number of alkyl halides is 3. The SMILES string of the molecule is Cc1cc(C(F)(F)F)ccc1N=C(Nc1ccc(OC(C)C)c(Cl)c1)N(C=O)Cc1ccc(Cl)cc1. The Hall–Kier alpha value is -3.23. The molecule has 0 aliphatic carbocycles. The van der Waals surface area contributed by atoms with Crippen molar-refractivity contribution in [2.45, 2.75) is 39.6 Å². The Morgan fingerprint density at radius 1 is 1.08 bits per heavy atom. The van der Waals surface area contributed by atoms with Crippen molar-refractivity contribution in [1.29, 1.82) is 0 Å². The first kappa shape index (κ1) is 27.4. The standard InChI is InChI=1S/C26H24Cl2F3N3O2/c1-16(2)36-24-11-9-21(13-22(24)28)32-25(34(15-35)14-18-4-7-20(27)8-5-18)33-23-10-6-19(12-17(23)3)26(29,30)31/h4-13,15-16H,14H2,1-3H3,(H,32,33). The second-order valence-electron chi connectivity index (χ2n) is 8.23. The van der Waals surface area contributed by atoms with Crippen molar-refractivity contribution in [3.63, 3.8) is 0 Å². The van der Waals surface area contributed by atoms with Crippen LogP contribution in [0.15, 0.2) is 65.7 Å². The minimum absolute atomic E-state index is 0.0778. The largest absolute Gasteiger partial charge is 0.489 e. The molecule has 0 aromatic heterocycles. The van der Waals surface area contributed by atoms with E-state index in [9.17, 15) is 18.0 Å². The molecule has 0 fully saturated rings. The maximum absolute atomic E-state index is 13.1. The Bertz CT molecular complexity index is 1250. The third kappa shape index (κ3) is 7.38. The topological polar surface area (TPSA) is 53.9 Å². The molecule has 0 unspecified atom stereocenters. The first-order valence-corrected chi connectivity index (χ1v) is 11.7. The summed E-state index contributed by atoms with van der Waals surface area (Å²) >= 11 is 12.3. The molecule has 0 saturated heterocycles. The number of nitrogens with one attached hydrogen (secondary N) is 1. The number of amides is 1. The van der Waals surface area contributed by atoms with Gasteiger partial charge in [0.15, 0.2) is 0 Å². The third-order valence-electron chi connectivity index (χ3n) is 4.97.